The quantitative estimate of drug-likeness (QED) is 0.291. The first kappa shape index (κ1) is 29.2. The number of allylic oxidation sites excluding steroid dienone is 1. The number of nitrogens with one attached hydrogen (secondary N) is 1. The molecule has 3 aliphatic rings. The second-order valence-electron chi connectivity index (χ2n) is 12.4. The zero-order valence-electron chi connectivity index (χ0n) is 25.3. The minimum atomic E-state index is -0.588. The monoisotopic (exact) mass is 595 g/mol. The van der Waals surface area contributed by atoms with Gasteiger partial charge in [-0.1, -0.05) is 26.0 Å². The number of ketones is 1. The molecule has 1 atom stereocenters. The lowest BCUT2D eigenvalue weighted by Crippen LogP contribution is -2.52. The summed E-state index contributed by atoms with van der Waals surface area (Å²) in [6.45, 7) is 6.76. The third-order valence-electron chi connectivity index (χ3n) is 8.80. The number of carbonyl (C=O) groups excluding carboxylic acids is 2. The topological polar surface area (TPSA) is 108 Å². The first-order chi connectivity index (χ1) is 21.1. The molecule has 0 radical (unpaired) electrons. The molecule has 44 heavy (non-hydrogen) atoms. The predicted octanol–water partition coefficient (Wildman–Crippen LogP) is 5.57. The van der Waals surface area contributed by atoms with E-state index in [1.807, 2.05) is 58.3 Å². The molecule has 10 heteroatoms. The predicted molar refractivity (Wildman–Crippen MR) is 170 cm³/mol. The molecule has 2 heterocycles. The van der Waals surface area contributed by atoms with Crippen molar-refractivity contribution in [1.82, 2.24) is 4.90 Å². The van der Waals surface area contributed by atoms with Gasteiger partial charge in [-0.2, -0.15) is 0 Å². The summed E-state index contributed by atoms with van der Waals surface area (Å²) in [5.74, 6) is 0.787. The Morgan fingerprint density at radius 1 is 0.977 bits per heavy atom. The number of hydrogen-bond donors (Lipinski definition) is 1. The molecule has 1 fully saturated rings. The van der Waals surface area contributed by atoms with Gasteiger partial charge >= 0.3 is 0 Å². The van der Waals surface area contributed by atoms with Gasteiger partial charge in [-0.25, -0.2) is 0 Å². The number of piperazine rings is 1. The Balaban J connectivity index is 1.33. The fourth-order valence-electron chi connectivity index (χ4n) is 6.60. The van der Waals surface area contributed by atoms with Gasteiger partial charge in [0, 0.05) is 61.7 Å². The highest BCUT2D eigenvalue weighted by Gasteiger charge is 2.42. The van der Waals surface area contributed by atoms with Gasteiger partial charge in [0.25, 0.3) is 5.69 Å². The number of hydrogen-bond acceptors (Lipinski definition) is 8. The third kappa shape index (κ3) is 5.71. The Kier molecular flexibility index (Phi) is 7.75. The molecule has 0 spiro atoms. The first-order valence-electron chi connectivity index (χ1n) is 14.9. The lowest BCUT2D eigenvalue weighted by Gasteiger charge is -2.40. The van der Waals surface area contributed by atoms with Crippen LogP contribution in [-0.4, -0.2) is 61.3 Å². The minimum absolute atomic E-state index is 0.0189. The number of fused-ring (bicyclic) bond motifs is 1. The Labute approximate surface area is 257 Å². The molecular weight excluding hydrogens is 558 g/mol. The number of nitro groups is 1. The summed E-state index contributed by atoms with van der Waals surface area (Å²) >= 11 is 0. The number of nitrogens with zero attached hydrogens (tertiary/aromatic N) is 4. The van der Waals surface area contributed by atoms with Crippen molar-refractivity contribution in [2.75, 3.05) is 55.0 Å². The van der Waals surface area contributed by atoms with Crippen LogP contribution < -0.4 is 19.9 Å². The van der Waals surface area contributed by atoms with E-state index in [-0.39, 0.29) is 29.3 Å². The van der Waals surface area contributed by atoms with E-state index in [1.165, 1.54) is 12.1 Å². The van der Waals surface area contributed by atoms with E-state index in [0.717, 1.165) is 34.1 Å². The number of rotatable bonds is 6. The molecule has 0 aromatic heterocycles. The van der Waals surface area contributed by atoms with Gasteiger partial charge in [-0.15, -0.1) is 0 Å². The molecule has 2 aliphatic heterocycles. The molecule has 6 rings (SSSR count). The molecule has 0 bridgehead atoms. The standard InChI is InChI=1S/C34H37N5O5/c1-34(2)20-28-32(30(40)21-34)33(23-8-10-25(11-9-23)39(42)43)38(29-7-5-4-6-27(29)35-28)22-31(41)37-18-16-36(17-19-37)24-12-14-26(44-3)15-13-24/h4-15,33,35H,16-22H2,1-3H3. The lowest BCUT2D eigenvalue weighted by molar-refractivity contribution is -0.384. The summed E-state index contributed by atoms with van der Waals surface area (Å²) in [5, 5.41) is 15.0. The van der Waals surface area contributed by atoms with E-state index < -0.39 is 11.0 Å². The van der Waals surface area contributed by atoms with Crippen LogP contribution in [0.3, 0.4) is 0 Å². The highest BCUT2D eigenvalue weighted by Crippen LogP contribution is 2.48. The second-order valence-corrected chi connectivity index (χ2v) is 12.4. The zero-order chi connectivity index (χ0) is 31.0. The van der Waals surface area contributed by atoms with Gasteiger partial charge in [0.05, 0.1) is 36.0 Å². The van der Waals surface area contributed by atoms with Crippen molar-refractivity contribution < 1.29 is 19.2 Å². The van der Waals surface area contributed by atoms with Crippen molar-refractivity contribution >= 4 is 34.4 Å². The molecule has 1 amide bonds. The Morgan fingerprint density at radius 3 is 2.32 bits per heavy atom. The zero-order valence-corrected chi connectivity index (χ0v) is 25.3. The van der Waals surface area contributed by atoms with Crippen molar-refractivity contribution in [1.29, 1.82) is 0 Å². The lowest BCUT2D eigenvalue weighted by atomic mass is 9.73. The van der Waals surface area contributed by atoms with Gasteiger partial charge in [-0.05, 0) is 65.9 Å². The van der Waals surface area contributed by atoms with Crippen molar-refractivity contribution in [2.24, 2.45) is 5.41 Å². The van der Waals surface area contributed by atoms with Crippen molar-refractivity contribution in [3.63, 3.8) is 0 Å². The Hall–Kier alpha value is -4.86. The van der Waals surface area contributed by atoms with E-state index in [0.29, 0.717) is 44.6 Å². The number of amides is 1. The van der Waals surface area contributed by atoms with Crippen LogP contribution in [0.1, 0.15) is 38.3 Å². The van der Waals surface area contributed by atoms with Crippen LogP contribution in [0.4, 0.5) is 22.7 Å². The molecule has 10 nitrogen and oxygen atoms in total. The smallest absolute Gasteiger partial charge is 0.269 e. The summed E-state index contributed by atoms with van der Waals surface area (Å²) in [6.07, 6.45) is 1.05. The number of methoxy groups -OCH3 is 1. The number of Topliss-reactive ketones (excluding diaryl/α,β-unsaturated/α-hetero) is 1. The number of ether oxygens (including phenoxy) is 1. The van der Waals surface area contributed by atoms with Gasteiger partial charge in [-0.3, -0.25) is 19.7 Å². The molecular formula is C34H37N5O5. The maximum absolute atomic E-state index is 14.0. The number of para-hydroxylation sites is 2. The number of benzene rings is 3. The number of anilines is 3. The molecule has 228 valence electrons. The molecule has 1 N–H and O–H groups in total. The SMILES string of the molecule is COc1ccc(N2CCN(C(=O)CN3c4ccccc4NC4=C(C(=O)CC(C)(C)C4)C3c3ccc([N+](=O)[O-])cc3)CC2)cc1. The maximum atomic E-state index is 14.0. The molecule has 1 unspecified atom stereocenters. The van der Waals surface area contributed by atoms with Crippen LogP contribution in [0.15, 0.2) is 84.1 Å². The van der Waals surface area contributed by atoms with Crippen LogP contribution in [-0.2, 0) is 9.59 Å². The Bertz CT molecular complexity index is 1610. The fraction of sp³-hybridized carbons (Fsp3) is 0.353. The average molecular weight is 596 g/mol. The van der Waals surface area contributed by atoms with Gasteiger partial charge in [0.1, 0.15) is 5.75 Å². The third-order valence-corrected chi connectivity index (χ3v) is 8.80. The van der Waals surface area contributed by atoms with Crippen molar-refractivity contribution in [3.05, 3.63) is 99.7 Å². The largest absolute Gasteiger partial charge is 0.497 e. The molecule has 3 aromatic rings. The van der Waals surface area contributed by atoms with Crippen LogP contribution in [0.25, 0.3) is 0 Å². The fourth-order valence-corrected chi connectivity index (χ4v) is 6.60. The highest BCUT2D eigenvalue weighted by molar-refractivity contribution is 6.02. The van der Waals surface area contributed by atoms with E-state index in [2.05, 4.69) is 24.1 Å². The van der Waals surface area contributed by atoms with E-state index >= 15 is 0 Å². The molecule has 0 saturated carbocycles. The summed E-state index contributed by atoms with van der Waals surface area (Å²) in [5.41, 5.74) is 4.65. The van der Waals surface area contributed by atoms with Crippen LogP contribution in [0.2, 0.25) is 0 Å². The molecule has 1 aliphatic carbocycles. The van der Waals surface area contributed by atoms with Crippen LogP contribution >= 0.6 is 0 Å². The first-order valence-corrected chi connectivity index (χ1v) is 14.9. The van der Waals surface area contributed by atoms with E-state index in [9.17, 15) is 19.7 Å². The van der Waals surface area contributed by atoms with Crippen LogP contribution in [0.5, 0.6) is 5.75 Å². The summed E-state index contributed by atoms with van der Waals surface area (Å²) in [7, 11) is 1.65. The second kappa shape index (κ2) is 11.7. The summed E-state index contributed by atoms with van der Waals surface area (Å²) < 4.78 is 5.28. The van der Waals surface area contributed by atoms with Gasteiger partial charge in [0.2, 0.25) is 5.91 Å². The number of nitro benzene ring substituents is 1. The average Bonchev–Trinajstić information content (AvgIpc) is 3.15. The van der Waals surface area contributed by atoms with E-state index in [1.54, 1.807) is 19.2 Å². The van der Waals surface area contributed by atoms with Gasteiger partial charge in [0.15, 0.2) is 5.78 Å². The van der Waals surface area contributed by atoms with Crippen LogP contribution in [0, 0.1) is 15.5 Å². The summed E-state index contributed by atoms with van der Waals surface area (Å²) in [6, 6.07) is 21.5. The van der Waals surface area contributed by atoms with Crippen molar-refractivity contribution in [3.8, 4) is 5.75 Å². The molecule has 3 aromatic carbocycles. The Morgan fingerprint density at radius 2 is 1.66 bits per heavy atom. The minimum Gasteiger partial charge on any atom is -0.497 e. The van der Waals surface area contributed by atoms with Crippen molar-refractivity contribution in [2.45, 2.75) is 32.7 Å². The number of non-ortho nitro benzene ring substituents is 1. The maximum Gasteiger partial charge on any atom is 0.269 e. The van der Waals surface area contributed by atoms with E-state index in [4.69, 9.17) is 4.74 Å². The van der Waals surface area contributed by atoms with Gasteiger partial charge < -0.3 is 24.8 Å². The summed E-state index contributed by atoms with van der Waals surface area (Å²) in [4.78, 5) is 45.1. The highest BCUT2D eigenvalue weighted by atomic mass is 16.6. The molecule has 1 saturated heterocycles. The normalized spacial score (nSPS) is 19.5. The number of carbonyl (C=O) groups is 2.